The average molecular weight is 240 g/mol. The number of benzene rings is 2. The lowest BCUT2D eigenvalue weighted by Gasteiger charge is -2.21. The molecule has 0 N–H and O–H groups in total. The summed E-state index contributed by atoms with van der Waals surface area (Å²) in [5.41, 5.74) is 1.28. The van der Waals surface area contributed by atoms with E-state index in [1.165, 1.54) is 15.4 Å². The highest BCUT2D eigenvalue weighted by atomic mass is 32.2. The lowest BCUT2D eigenvalue weighted by atomic mass is 10.1. The van der Waals surface area contributed by atoms with Crippen molar-refractivity contribution in [1.29, 1.82) is 0 Å². The Hall–Kier alpha value is -1.67. The predicted octanol–water partition coefficient (Wildman–Crippen LogP) is 4.67. The number of ether oxygens (including phenoxy) is 1. The molecule has 0 saturated carbocycles. The van der Waals surface area contributed by atoms with Crippen LogP contribution in [0.5, 0.6) is 11.5 Å². The van der Waals surface area contributed by atoms with Crippen LogP contribution < -0.4 is 4.74 Å². The zero-order valence-electron chi connectivity index (χ0n) is 9.35. The SMILES string of the molecule is C=CCc1cccc2c1Sc1ccccc1O2. The summed E-state index contributed by atoms with van der Waals surface area (Å²) in [5, 5.41) is 0. The minimum absolute atomic E-state index is 0.877. The van der Waals surface area contributed by atoms with Gasteiger partial charge in [-0.05, 0) is 30.2 Å². The quantitative estimate of drug-likeness (QED) is 0.602. The molecule has 2 heteroatoms. The Morgan fingerprint density at radius 1 is 1.06 bits per heavy atom. The fourth-order valence-electron chi connectivity index (χ4n) is 1.92. The van der Waals surface area contributed by atoms with Crippen LogP contribution >= 0.6 is 11.8 Å². The van der Waals surface area contributed by atoms with Gasteiger partial charge >= 0.3 is 0 Å². The first-order chi connectivity index (χ1) is 8.38. The Morgan fingerprint density at radius 3 is 2.76 bits per heavy atom. The molecule has 2 aromatic carbocycles. The second-order valence-corrected chi connectivity index (χ2v) is 4.94. The molecule has 84 valence electrons. The summed E-state index contributed by atoms with van der Waals surface area (Å²) in [6.07, 6.45) is 2.80. The zero-order valence-corrected chi connectivity index (χ0v) is 10.2. The van der Waals surface area contributed by atoms with Crippen molar-refractivity contribution in [3.8, 4) is 11.5 Å². The van der Waals surface area contributed by atoms with Crippen molar-refractivity contribution in [3.63, 3.8) is 0 Å². The first-order valence-corrected chi connectivity index (χ1v) is 6.37. The van der Waals surface area contributed by atoms with E-state index in [2.05, 4.69) is 18.7 Å². The van der Waals surface area contributed by atoms with E-state index in [1.54, 1.807) is 11.8 Å². The van der Waals surface area contributed by atoms with Crippen molar-refractivity contribution in [2.24, 2.45) is 0 Å². The Labute approximate surface area is 105 Å². The van der Waals surface area contributed by atoms with Gasteiger partial charge in [0.05, 0.1) is 9.79 Å². The third-order valence-electron chi connectivity index (χ3n) is 2.71. The molecule has 1 aliphatic rings. The maximum Gasteiger partial charge on any atom is 0.141 e. The van der Waals surface area contributed by atoms with Gasteiger partial charge in [-0.15, -0.1) is 6.58 Å². The molecular formula is C15H12OS. The van der Waals surface area contributed by atoms with E-state index in [1.807, 2.05) is 36.4 Å². The molecule has 1 aliphatic heterocycles. The van der Waals surface area contributed by atoms with Crippen LogP contribution in [0.1, 0.15) is 5.56 Å². The number of fused-ring (bicyclic) bond motifs is 2. The van der Waals surface area contributed by atoms with Gasteiger partial charge < -0.3 is 4.74 Å². The van der Waals surface area contributed by atoms with Crippen LogP contribution in [0.25, 0.3) is 0 Å². The Morgan fingerprint density at radius 2 is 1.88 bits per heavy atom. The number of hydrogen-bond donors (Lipinski definition) is 0. The molecule has 17 heavy (non-hydrogen) atoms. The molecule has 0 bridgehead atoms. The van der Waals surface area contributed by atoms with Crippen LogP contribution in [0.3, 0.4) is 0 Å². The maximum absolute atomic E-state index is 5.91. The first kappa shape index (κ1) is 10.5. The topological polar surface area (TPSA) is 9.23 Å². The average Bonchev–Trinajstić information content (AvgIpc) is 2.37. The van der Waals surface area contributed by atoms with Crippen molar-refractivity contribution >= 4 is 11.8 Å². The molecule has 0 aliphatic carbocycles. The van der Waals surface area contributed by atoms with Crippen molar-refractivity contribution in [2.45, 2.75) is 16.2 Å². The molecule has 0 fully saturated rings. The molecule has 0 unspecified atom stereocenters. The van der Waals surface area contributed by atoms with Crippen molar-refractivity contribution in [1.82, 2.24) is 0 Å². The van der Waals surface area contributed by atoms with E-state index in [0.717, 1.165) is 17.9 Å². The Balaban J connectivity index is 2.08. The molecule has 0 atom stereocenters. The van der Waals surface area contributed by atoms with Crippen molar-refractivity contribution in [3.05, 3.63) is 60.7 Å². The van der Waals surface area contributed by atoms with Gasteiger partial charge in [-0.25, -0.2) is 0 Å². The first-order valence-electron chi connectivity index (χ1n) is 5.56. The molecule has 1 nitrogen and oxygen atoms in total. The summed E-state index contributed by atoms with van der Waals surface area (Å²) >= 11 is 1.78. The fourth-order valence-corrected chi connectivity index (χ4v) is 2.99. The molecule has 2 aromatic rings. The van der Waals surface area contributed by atoms with Gasteiger partial charge in [0.1, 0.15) is 11.5 Å². The van der Waals surface area contributed by atoms with Crippen LogP contribution in [0, 0.1) is 0 Å². The van der Waals surface area contributed by atoms with E-state index in [-0.39, 0.29) is 0 Å². The van der Waals surface area contributed by atoms with Gasteiger partial charge in [0.2, 0.25) is 0 Å². The predicted molar refractivity (Wildman–Crippen MR) is 71.0 cm³/mol. The Bertz CT molecular complexity index is 575. The van der Waals surface area contributed by atoms with Gasteiger partial charge in [0.15, 0.2) is 0 Å². The van der Waals surface area contributed by atoms with E-state index in [9.17, 15) is 0 Å². The highest BCUT2D eigenvalue weighted by molar-refractivity contribution is 7.99. The molecule has 0 amide bonds. The third kappa shape index (κ3) is 1.85. The number of hydrogen-bond acceptors (Lipinski definition) is 2. The number of rotatable bonds is 2. The minimum atomic E-state index is 0.877. The van der Waals surface area contributed by atoms with Crippen LogP contribution in [0.4, 0.5) is 0 Å². The molecule has 0 radical (unpaired) electrons. The van der Waals surface area contributed by atoms with Crippen LogP contribution in [-0.2, 0) is 6.42 Å². The molecule has 0 saturated heterocycles. The molecule has 1 heterocycles. The van der Waals surface area contributed by atoms with E-state index < -0.39 is 0 Å². The standard InChI is InChI=1S/C15H12OS/c1-2-6-11-7-5-9-13-15(11)17-14-10-4-3-8-12(14)16-13/h2-5,7-10H,1,6H2. The van der Waals surface area contributed by atoms with Gasteiger partial charge in [-0.2, -0.15) is 0 Å². The van der Waals surface area contributed by atoms with Gasteiger partial charge in [-0.3, -0.25) is 0 Å². The van der Waals surface area contributed by atoms with Crippen molar-refractivity contribution < 1.29 is 4.74 Å². The number of para-hydroxylation sites is 1. The van der Waals surface area contributed by atoms with Crippen molar-refractivity contribution in [2.75, 3.05) is 0 Å². The summed E-state index contributed by atoms with van der Waals surface area (Å²) in [6.45, 7) is 3.80. The van der Waals surface area contributed by atoms with Crippen LogP contribution in [0.2, 0.25) is 0 Å². The normalized spacial score (nSPS) is 12.2. The highest BCUT2D eigenvalue weighted by Crippen LogP contribution is 2.48. The second-order valence-electron chi connectivity index (χ2n) is 3.89. The lowest BCUT2D eigenvalue weighted by Crippen LogP contribution is -1.97. The zero-order chi connectivity index (χ0) is 11.7. The van der Waals surface area contributed by atoms with E-state index in [0.29, 0.717) is 0 Å². The summed E-state index contributed by atoms with van der Waals surface area (Å²) < 4.78 is 5.91. The smallest absolute Gasteiger partial charge is 0.141 e. The Kier molecular flexibility index (Phi) is 2.65. The summed E-state index contributed by atoms with van der Waals surface area (Å²) in [5.74, 6) is 1.90. The lowest BCUT2D eigenvalue weighted by molar-refractivity contribution is 0.453. The maximum atomic E-state index is 5.91. The van der Waals surface area contributed by atoms with Gasteiger partial charge in [-0.1, -0.05) is 42.1 Å². The van der Waals surface area contributed by atoms with E-state index >= 15 is 0 Å². The molecule has 3 rings (SSSR count). The molecule has 0 aromatic heterocycles. The second kappa shape index (κ2) is 4.30. The van der Waals surface area contributed by atoms with Gasteiger partial charge in [0, 0.05) is 0 Å². The van der Waals surface area contributed by atoms with Crippen LogP contribution in [0.15, 0.2) is 64.9 Å². The van der Waals surface area contributed by atoms with Gasteiger partial charge in [0.25, 0.3) is 0 Å². The van der Waals surface area contributed by atoms with E-state index in [4.69, 9.17) is 4.74 Å². The third-order valence-corrected chi connectivity index (χ3v) is 3.93. The van der Waals surface area contributed by atoms with Crippen LogP contribution in [-0.4, -0.2) is 0 Å². The minimum Gasteiger partial charge on any atom is -0.455 e. The molecule has 0 spiro atoms. The number of allylic oxidation sites excluding steroid dienone is 1. The summed E-state index contributed by atoms with van der Waals surface area (Å²) in [4.78, 5) is 2.39. The molecular weight excluding hydrogens is 228 g/mol. The largest absolute Gasteiger partial charge is 0.455 e. The fraction of sp³-hybridized carbons (Fsp3) is 0.0667. The summed E-state index contributed by atoms with van der Waals surface area (Å²) in [6, 6.07) is 14.3. The monoisotopic (exact) mass is 240 g/mol. The highest BCUT2D eigenvalue weighted by Gasteiger charge is 2.19. The summed E-state index contributed by atoms with van der Waals surface area (Å²) in [7, 11) is 0.